The monoisotopic (exact) mass is 355 g/mol. The molecule has 0 radical (unpaired) electrons. The van der Waals surface area contributed by atoms with Crippen LogP contribution in [0.4, 0.5) is 0 Å². The van der Waals surface area contributed by atoms with Crippen molar-refractivity contribution in [1.29, 1.82) is 0 Å². The summed E-state index contributed by atoms with van der Waals surface area (Å²) in [7, 11) is 1.62. The number of aryl methyl sites for hydroxylation is 1. The van der Waals surface area contributed by atoms with E-state index in [-0.39, 0.29) is 12.3 Å². The second kappa shape index (κ2) is 7.40. The highest BCUT2D eigenvalue weighted by molar-refractivity contribution is 6.30. The molecule has 0 saturated carbocycles. The summed E-state index contributed by atoms with van der Waals surface area (Å²) in [6.45, 7) is 1.95. The van der Waals surface area contributed by atoms with Gasteiger partial charge in [0.15, 0.2) is 0 Å². The van der Waals surface area contributed by atoms with Crippen LogP contribution in [0.2, 0.25) is 5.02 Å². The molecule has 0 atom stereocenters. The van der Waals surface area contributed by atoms with Crippen LogP contribution in [0.3, 0.4) is 0 Å². The normalized spacial score (nSPS) is 11.2. The molecule has 3 rings (SSSR count). The Labute approximate surface area is 150 Å². The number of hydrazone groups is 1. The van der Waals surface area contributed by atoms with Crippen LogP contribution >= 0.6 is 11.6 Å². The summed E-state index contributed by atoms with van der Waals surface area (Å²) in [6, 6.07) is 13.0. The molecule has 6 heteroatoms. The van der Waals surface area contributed by atoms with Crippen molar-refractivity contribution in [2.24, 2.45) is 5.10 Å². The van der Waals surface area contributed by atoms with Crippen molar-refractivity contribution in [1.82, 2.24) is 10.4 Å². The lowest BCUT2D eigenvalue weighted by Gasteiger charge is -2.03. The molecule has 1 aromatic heterocycles. The standard InChI is InChI=1S/C19H18ClN3O2/c1-12-16(17-9-15(25-2)7-8-18(17)22-12)10-19(24)23-21-11-13-3-5-14(20)6-4-13/h3-9,11,22H,10H2,1-2H3,(H,23,24)/b21-11+. The number of hydrogen-bond acceptors (Lipinski definition) is 3. The molecule has 0 spiro atoms. The molecular weight excluding hydrogens is 338 g/mol. The number of nitrogens with zero attached hydrogens (tertiary/aromatic N) is 1. The van der Waals surface area contributed by atoms with Gasteiger partial charge in [-0.2, -0.15) is 5.10 Å². The van der Waals surface area contributed by atoms with Gasteiger partial charge in [-0.3, -0.25) is 4.79 Å². The van der Waals surface area contributed by atoms with Crippen molar-refractivity contribution >= 4 is 34.6 Å². The maximum atomic E-state index is 12.2. The van der Waals surface area contributed by atoms with Gasteiger partial charge in [0.25, 0.3) is 0 Å². The fraction of sp³-hybridized carbons (Fsp3) is 0.158. The summed E-state index contributed by atoms with van der Waals surface area (Å²) in [5.41, 5.74) is 6.29. The number of aromatic nitrogens is 1. The van der Waals surface area contributed by atoms with Crippen molar-refractivity contribution in [3.8, 4) is 5.75 Å². The maximum Gasteiger partial charge on any atom is 0.244 e. The Morgan fingerprint density at radius 2 is 2.04 bits per heavy atom. The third-order valence-corrected chi connectivity index (χ3v) is 4.19. The Bertz CT molecular complexity index is 930. The quantitative estimate of drug-likeness (QED) is 0.539. The third kappa shape index (κ3) is 4.00. The van der Waals surface area contributed by atoms with Crippen molar-refractivity contribution < 1.29 is 9.53 Å². The predicted octanol–water partition coefficient (Wildman–Crippen LogP) is 3.83. The highest BCUT2D eigenvalue weighted by Crippen LogP contribution is 2.26. The highest BCUT2D eigenvalue weighted by Gasteiger charge is 2.13. The van der Waals surface area contributed by atoms with Crippen molar-refractivity contribution in [2.75, 3.05) is 7.11 Å². The average molecular weight is 356 g/mol. The van der Waals surface area contributed by atoms with E-state index in [0.29, 0.717) is 5.02 Å². The van der Waals surface area contributed by atoms with Crippen LogP contribution in [0.25, 0.3) is 10.9 Å². The highest BCUT2D eigenvalue weighted by atomic mass is 35.5. The number of H-pyrrole nitrogens is 1. The number of amides is 1. The predicted molar refractivity (Wildman–Crippen MR) is 100 cm³/mol. The molecule has 0 aliphatic carbocycles. The second-order valence-corrected chi connectivity index (χ2v) is 6.10. The minimum atomic E-state index is -0.183. The Balaban J connectivity index is 1.71. The van der Waals surface area contributed by atoms with Crippen molar-refractivity contribution in [3.63, 3.8) is 0 Å². The van der Waals surface area contributed by atoms with Gasteiger partial charge < -0.3 is 9.72 Å². The van der Waals surface area contributed by atoms with Gasteiger partial charge in [0.2, 0.25) is 5.91 Å². The first-order chi connectivity index (χ1) is 12.1. The van der Waals surface area contributed by atoms with E-state index in [0.717, 1.165) is 33.5 Å². The van der Waals surface area contributed by atoms with E-state index in [2.05, 4.69) is 15.5 Å². The van der Waals surface area contributed by atoms with Crippen LogP contribution in [0, 0.1) is 6.92 Å². The van der Waals surface area contributed by atoms with Crippen LogP contribution in [-0.4, -0.2) is 24.2 Å². The van der Waals surface area contributed by atoms with Gasteiger partial charge in [0.1, 0.15) is 5.75 Å². The molecule has 3 aromatic rings. The van der Waals surface area contributed by atoms with Crippen molar-refractivity contribution in [3.05, 3.63) is 64.3 Å². The molecule has 0 fully saturated rings. The van der Waals surface area contributed by atoms with E-state index in [4.69, 9.17) is 16.3 Å². The number of rotatable bonds is 5. The van der Waals surface area contributed by atoms with Crippen LogP contribution in [0.1, 0.15) is 16.8 Å². The molecule has 1 amide bonds. The molecule has 0 aliphatic rings. The molecule has 0 aliphatic heterocycles. The van der Waals surface area contributed by atoms with Crippen LogP contribution < -0.4 is 10.2 Å². The van der Waals surface area contributed by atoms with E-state index >= 15 is 0 Å². The topological polar surface area (TPSA) is 66.5 Å². The van der Waals surface area contributed by atoms with E-state index in [1.165, 1.54) is 0 Å². The number of fused-ring (bicyclic) bond motifs is 1. The molecule has 128 valence electrons. The van der Waals surface area contributed by atoms with Gasteiger partial charge >= 0.3 is 0 Å². The van der Waals surface area contributed by atoms with Gasteiger partial charge in [-0.1, -0.05) is 23.7 Å². The first-order valence-electron chi connectivity index (χ1n) is 7.79. The lowest BCUT2D eigenvalue weighted by molar-refractivity contribution is -0.120. The van der Waals surface area contributed by atoms with E-state index in [1.807, 2.05) is 37.3 Å². The first-order valence-corrected chi connectivity index (χ1v) is 8.17. The van der Waals surface area contributed by atoms with Crippen LogP contribution in [-0.2, 0) is 11.2 Å². The minimum Gasteiger partial charge on any atom is -0.497 e. The lowest BCUT2D eigenvalue weighted by Crippen LogP contribution is -2.20. The van der Waals surface area contributed by atoms with Gasteiger partial charge in [0, 0.05) is 21.6 Å². The van der Waals surface area contributed by atoms with Crippen LogP contribution in [0.15, 0.2) is 47.6 Å². The fourth-order valence-electron chi connectivity index (χ4n) is 2.64. The van der Waals surface area contributed by atoms with Crippen LogP contribution in [0.5, 0.6) is 5.75 Å². The third-order valence-electron chi connectivity index (χ3n) is 3.94. The molecule has 0 saturated heterocycles. The molecule has 1 heterocycles. The summed E-state index contributed by atoms with van der Waals surface area (Å²) >= 11 is 5.83. The number of carbonyl (C=O) groups is 1. The van der Waals surface area contributed by atoms with Gasteiger partial charge in [0.05, 0.1) is 19.7 Å². The zero-order valence-corrected chi connectivity index (χ0v) is 14.7. The molecule has 2 aromatic carbocycles. The number of nitrogens with one attached hydrogen (secondary N) is 2. The van der Waals surface area contributed by atoms with E-state index in [1.54, 1.807) is 25.5 Å². The fourth-order valence-corrected chi connectivity index (χ4v) is 2.77. The van der Waals surface area contributed by atoms with E-state index in [9.17, 15) is 4.79 Å². The Hall–Kier alpha value is -2.79. The van der Waals surface area contributed by atoms with Gasteiger partial charge in [-0.15, -0.1) is 0 Å². The molecule has 0 bridgehead atoms. The molecule has 2 N–H and O–H groups in total. The largest absolute Gasteiger partial charge is 0.497 e. The summed E-state index contributed by atoms with van der Waals surface area (Å²) < 4.78 is 5.27. The lowest BCUT2D eigenvalue weighted by atomic mass is 10.1. The zero-order valence-electron chi connectivity index (χ0n) is 14.0. The number of methoxy groups -OCH3 is 1. The Morgan fingerprint density at radius 1 is 1.28 bits per heavy atom. The molecular formula is C19H18ClN3O2. The minimum absolute atomic E-state index is 0.183. The van der Waals surface area contributed by atoms with Gasteiger partial charge in [-0.05, 0) is 48.4 Å². The van der Waals surface area contributed by atoms with E-state index < -0.39 is 0 Å². The Morgan fingerprint density at radius 3 is 2.76 bits per heavy atom. The smallest absolute Gasteiger partial charge is 0.244 e. The number of ether oxygens (including phenoxy) is 1. The van der Waals surface area contributed by atoms with Crippen molar-refractivity contribution in [2.45, 2.75) is 13.3 Å². The Kier molecular flexibility index (Phi) is 5.05. The molecule has 25 heavy (non-hydrogen) atoms. The maximum absolute atomic E-state index is 12.2. The summed E-state index contributed by atoms with van der Waals surface area (Å²) in [6.07, 6.45) is 1.82. The number of aromatic amines is 1. The summed E-state index contributed by atoms with van der Waals surface area (Å²) in [5, 5.41) is 5.63. The van der Waals surface area contributed by atoms with Gasteiger partial charge in [-0.25, -0.2) is 5.43 Å². The summed E-state index contributed by atoms with van der Waals surface area (Å²) in [5.74, 6) is 0.575. The SMILES string of the molecule is COc1ccc2[nH]c(C)c(CC(=O)N/N=C/c3ccc(Cl)cc3)c2c1. The molecule has 0 unspecified atom stereocenters. The zero-order chi connectivity index (χ0) is 17.8. The number of carbonyl (C=O) groups excluding carboxylic acids is 1. The summed E-state index contributed by atoms with van der Waals surface area (Å²) in [4.78, 5) is 15.5. The number of halogens is 1. The second-order valence-electron chi connectivity index (χ2n) is 5.66. The molecule has 5 nitrogen and oxygen atoms in total. The number of benzene rings is 2. The average Bonchev–Trinajstić information content (AvgIpc) is 2.91. The first kappa shape index (κ1) is 17.0. The number of hydrogen-bond donors (Lipinski definition) is 2.